The lowest BCUT2D eigenvalue weighted by molar-refractivity contribution is -0.145. The minimum absolute atomic E-state index is 0.0204. The summed E-state index contributed by atoms with van der Waals surface area (Å²) < 4.78 is 5.78. The largest absolute Gasteiger partial charge is 0.462 e. The van der Waals surface area contributed by atoms with Gasteiger partial charge in [0.05, 0.1) is 11.6 Å². The van der Waals surface area contributed by atoms with Crippen molar-refractivity contribution in [2.24, 2.45) is 29.6 Å². The number of hydrogen-bond donors (Lipinski definition) is 0. The Morgan fingerprint density at radius 1 is 1.13 bits per heavy atom. The van der Waals surface area contributed by atoms with Gasteiger partial charge in [-0.1, -0.05) is 61.5 Å². The topological polar surface area (TPSA) is 39.2 Å². The molecule has 2 aliphatic carbocycles. The number of fused-ring (bicyclic) bond motifs is 2. The molecular formula is C26H27Cl2NO2. The quantitative estimate of drug-likeness (QED) is 0.464. The Morgan fingerprint density at radius 2 is 1.97 bits per heavy atom. The molecule has 3 aliphatic rings. The van der Waals surface area contributed by atoms with E-state index in [9.17, 15) is 4.79 Å². The zero-order valence-corrected chi connectivity index (χ0v) is 19.1. The average Bonchev–Trinajstić information content (AvgIpc) is 3.06. The molecule has 2 aromatic rings. The number of aromatic nitrogens is 1. The highest BCUT2D eigenvalue weighted by atomic mass is 35.5. The molecule has 5 heteroatoms. The van der Waals surface area contributed by atoms with E-state index in [2.05, 4.69) is 17.1 Å². The molecule has 31 heavy (non-hydrogen) atoms. The third-order valence-corrected chi connectivity index (χ3v) is 8.17. The molecule has 0 amide bonds. The first-order valence-electron chi connectivity index (χ1n) is 11.3. The molecule has 2 heterocycles. The van der Waals surface area contributed by atoms with Crippen LogP contribution >= 0.6 is 23.2 Å². The Labute approximate surface area is 193 Å². The van der Waals surface area contributed by atoms with Crippen molar-refractivity contribution in [1.29, 1.82) is 0 Å². The van der Waals surface area contributed by atoms with E-state index in [-0.39, 0.29) is 23.9 Å². The molecule has 162 valence electrons. The number of nitrogens with zero attached hydrogens (tertiary/aromatic N) is 1. The van der Waals surface area contributed by atoms with Crippen LogP contribution in [0.2, 0.25) is 10.0 Å². The molecule has 5 rings (SSSR count). The van der Waals surface area contributed by atoms with Crippen LogP contribution < -0.4 is 0 Å². The number of benzene rings is 1. The second-order valence-corrected chi connectivity index (χ2v) is 10.2. The maximum absolute atomic E-state index is 12.3. The van der Waals surface area contributed by atoms with Gasteiger partial charge in [-0.05, 0) is 60.9 Å². The highest BCUT2D eigenvalue weighted by Gasteiger charge is 2.53. The van der Waals surface area contributed by atoms with Gasteiger partial charge in [0.2, 0.25) is 0 Å². The van der Waals surface area contributed by atoms with Crippen LogP contribution in [-0.2, 0) is 9.53 Å². The average molecular weight is 456 g/mol. The van der Waals surface area contributed by atoms with Crippen LogP contribution in [0, 0.1) is 29.6 Å². The van der Waals surface area contributed by atoms with Crippen LogP contribution in [0.5, 0.6) is 0 Å². The summed E-state index contributed by atoms with van der Waals surface area (Å²) in [6.07, 6.45) is 12.5. The van der Waals surface area contributed by atoms with Crippen LogP contribution in [-0.4, -0.2) is 17.1 Å². The lowest BCUT2D eigenvalue weighted by Crippen LogP contribution is -2.43. The number of rotatable bonds is 3. The predicted octanol–water partition coefficient (Wildman–Crippen LogP) is 7.07. The molecule has 1 aromatic heterocycles. The van der Waals surface area contributed by atoms with Crippen molar-refractivity contribution in [3.63, 3.8) is 0 Å². The van der Waals surface area contributed by atoms with Crippen LogP contribution in [0.3, 0.4) is 0 Å². The molecule has 6 atom stereocenters. The summed E-state index contributed by atoms with van der Waals surface area (Å²) >= 11 is 12.5. The Morgan fingerprint density at radius 3 is 2.77 bits per heavy atom. The molecule has 0 radical (unpaired) electrons. The Kier molecular flexibility index (Phi) is 5.83. The number of ether oxygens (including phenoxy) is 1. The Hall–Kier alpha value is -1.84. The molecule has 1 unspecified atom stereocenters. The van der Waals surface area contributed by atoms with Crippen molar-refractivity contribution in [3.05, 3.63) is 58.3 Å². The van der Waals surface area contributed by atoms with Crippen LogP contribution in [0.4, 0.5) is 0 Å². The third-order valence-electron chi connectivity index (χ3n) is 7.60. The smallest absolute Gasteiger partial charge is 0.309 e. The van der Waals surface area contributed by atoms with Gasteiger partial charge < -0.3 is 4.74 Å². The molecule has 3 fully saturated rings. The van der Waals surface area contributed by atoms with Gasteiger partial charge in [0.1, 0.15) is 6.10 Å². The summed E-state index contributed by atoms with van der Waals surface area (Å²) in [6, 6.07) is 9.50. The van der Waals surface area contributed by atoms with Gasteiger partial charge in [-0.15, -0.1) is 0 Å². The maximum Gasteiger partial charge on any atom is 0.309 e. The second-order valence-electron chi connectivity index (χ2n) is 9.32. The third kappa shape index (κ3) is 4.03. The standard InChI is InChI=1S/C26H27Cl2NO2/c1-15-25-21(20-5-3-2-4-16(20)12-24(25)31-26(15)30)10-9-19-8-6-17(14-29-19)22-13-18(27)7-11-23(22)28/h6-11,13-16,20-21,24-25H,2-5,12H2,1H3/b10-9+/t15-,16-,20+,21?,24+,25+/m0/s1. The number of pyridine rings is 1. The van der Waals surface area contributed by atoms with Gasteiger partial charge in [0.15, 0.2) is 0 Å². The highest BCUT2D eigenvalue weighted by Crippen LogP contribution is 2.52. The molecule has 1 aliphatic heterocycles. The van der Waals surface area contributed by atoms with Crippen molar-refractivity contribution in [1.82, 2.24) is 4.98 Å². The Bertz CT molecular complexity index is 1000. The first-order valence-corrected chi connectivity index (χ1v) is 12.1. The van der Waals surface area contributed by atoms with E-state index in [1.807, 2.05) is 31.3 Å². The fourth-order valence-corrected chi connectivity index (χ4v) is 6.48. The predicted molar refractivity (Wildman–Crippen MR) is 125 cm³/mol. The second kappa shape index (κ2) is 8.60. The first-order chi connectivity index (χ1) is 15.0. The van der Waals surface area contributed by atoms with Crippen LogP contribution in [0.25, 0.3) is 17.2 Å². The molecule has 1 aromatic carbocycles. The number of halogens is 2. The number of hydrogen-bond acceptors (Lipinski definition) is 3. The molecule has 0 N–H and O–H groups in total. The number of carbonyl (C=O) groups excluding carboxylic acids is 1. The lowest BCUT2D eigenvalue weighted by Gasteiger charge is -2.46. The van der Waals surface area contributed by atoms with E-state index >= 15 is 0 Å². The normalized spacial score (nSPS) is 32.5. The van der Waals surface area contributed by atoms with Crippen LogP contribution in [0.1, 0.15) is 44.7 Å². The van der Waals surface area contributed by atoms with Gasteiger partial charge in [-0.3, -0.25) is 9.78 Å². The van der Waals surface area contributed by atoms with E-state index in [0.717, 1.165) is 23.2 Å². The van der Waals surface area contributed by atoms with Crippen molar-refractivity contribution >= 4 is 35.2 Å². The van der Waals surface area contributed by atoms with Crippen molar-refractivity contribution in [2.75, 3.05) is 0 Å². The van der Waals surface area contributed by atoms with Crippen molar-refractivity contribution < 1.29 is 9.53 Å². The van der Waals surface area contributed by atoms with E-state index in [0.29, 0.717) is 27.8 Å². The van der Waals surface area contributed by atoms with Crippen molar-refractivity contribution in [3.8, 4) is 11.1 Å². The summed E-state index contributed by atoms with van der Waals surface area (Å²) in [4.78, 5) is 17.0. The molecule has 2 saturated carbocycles. The monoisotopic (exact) mass is 455 g/mol. The van der Waals surface area contributed by atoms with E-state index in [4.69, 9.17) is 27.9 Å². The first kappa shape index (κ1) is 21.0. The zero-order valence-electron chi connectivity index (χ0n) is 17.6. The fourth-order valence-electron chi connectivity index (χ4n) is 6.08. The Balaban J connectivity index is 1.40. The van der Waals surface area contributed by atoms with Gasteiger partial charge in [0, 0.05) is 33.3 Å². The SMILES string of the molecule is C[C@@H]1C(=O)O[C@@H]2C[C@@H]3CCCC[C@H]3C(/C=C/c3ccc(-c4cc(Cl)ccc4Cl)cn3)[C@@H]12. The van der Waals surface area contributed by atoms with Crippen molar-refractivity contribution in [2.45, 2.75) is 45.1 Å². The molecule has 0 spiro atoms. The maximum atomic E-state index is 12.3. The summed E-state index contributed by atoms with van der Waals surface area (Å²) in [5.41, 5.74) is 2.74. The summed E-state index contributed by atoms with van der Waals surface area (Å²) in [6.45, 7) is 2.04. The molecule has 1 saturated heterocycles. The van der Waals surface area contributed by atoms with Gasteiger partial charge in [-0.2, -0.15) is 0 Å². The minimum atomic E-state index is -0.0252. The van der Waals surface area contributed by atoms with Gasteiger partial charge >= 0.3 is 5.97 Å². The van der Waals surface area contributed by atoms with E-state index < -0.39 is 0 Å². The van der Waals surface area contributed by atoms with E-state index in [1.54, 1.807) is 12.1 Å². The number of allylic oxidation sites excluding steroid dienone is 1. The summed E-state index contributed by atoms with van der Waals surface area (Å²) in [7, 11) is 0. The fraction of sp³-hybridized carbons (Fsp3) is 0.462. The summed E-state index contributed by atoms with van der Waals surface area (Å²) in [5.74, 6) is 1.92. The highest BCUT2D eigenvalue weighted by molar-refractivity contribution is 6.35. The number of carbonyl (C=O) groups is 1. The van der Waals surface area contributed by atoms with Gasteiger partial charge in [0.25, 0.3) is 0 Å². The van der Waals surface area contributed by atoms with E-state index in [1.165, 1.54) is 25.7 Å². The molecule has 0 bridgehead atoms. The lowest BCUT2D eigenvalue weighted by atomic mass is 9.59. The summed E-state index contributed by atoms with van der Waals surface area (Å²) in [5, 5.41) is 1.31. The molecule has 3 nitrogen and oxygen atoms in total. The van der Waals surface area contributed by atoms with Gasteiger partial charge in [-0.25, -0.2) is 0 Å². The molecular weight excluding hydrogens is 429 g/mol. The number of esters is 1. The minimum Gasteiger partial charge on any atom is -0.462 e. The van der Waals surface area contributed by atoms with Crippen LogP contribution in [0.15, 0.2) is 42.6 Å². The zero-order chi connectivity index (χ0) is 21.5.